The molecule has 0 radical (unpaired) electrons. The van der Waals surface area contributed by atoms with E-state index in [0.29, 0.717) is 11.0 Å². The highest BCUT2D eigenvalue weighted by Crippen LogP contribution is 2.52. The second-order valence-corrected chi connectivity index (χ2v) is 5.96. The Labute approximate surface area is 81.9 Å². The van der Waals surface area contributed by atoms with Crippen LogP contribution in [-0.4, -0.2) is 12.2 Å². The second kappa shape index (κ2) is 2.98. The van der Waals surface area contributed by atoms with E-state index in [1.807, 2.05) is 0 Å². The summed E-state index contributed by atoms with van der Waals surface area (Å²) < 4.78 is 5.93. The van der Waals surface area contributed by atoms with E-state index in [9.17, 15) is 0 Å². The van der Waals surface area contributed by atoms with E-state index in [1.165, 1.54) is 32.1 Å². The van der Waals surface area contributed by atoms with Crippen molar-refractivity contribution in [1.29, 1.82) is 0 Å². The lowest BCUT2D eigenvalue weighted by Crippen LogP contribution is -2.51. The van der Waals surface area contributed by atoms with Gasteiger partial charge in [0.15, 0.2) is 0 Å². The van der Waals surface area contributed by atoms with Crippen molar-refractivity contribution in [2.75, 3.05) is 6.61 Å². The molecule has 1 spiro atoms. The fraction of sp³-hybridized carbons (Fsp3) is 1.00. The van der Waals surface area contributed by atoms with Crippen molar-refractivity contribution in [3.05, 3.63) is 0 Å². The van der Waals surface area contributed by atoms with Gasteiger partial charge in [-0.15, -0.1) is 0 Å². The van der Waals surface area contributed by atoms with Crippen LogP contribution in [0.5, 0.6) is 0 Å². The number of rotatable bonds is 0. The molecule has 1 aliphatic carbocycles. The Hall–Kier alpha value is -0.0400. The second-order valence-electron chi connectivity index (χ2n) is 5.96. The zero-order chi connectivity index (χ0) is 9.53. The Kier molecular flexibility index (Phi) is 2.18. The third-order valence-corrected chi connectivity index (χ3v) is 3.90. The first-order chi connectivity index (χ1) is 6.02. The molecule has 0 aromatic heterocycles. The van der Waals surface area contributed by atoms with Crippen LogP contribution in [0.2, 0.25) is 0 Å². The van der Waals surface area contributed by atoms with Crippen LogP contribution in [-0.2, 0) is 4.74 Å². The molecule has 0 aromatic carbocycles. The highest BCUT2D eigenvalue weighted by atomic mass is 16.5. The lowest BCUT2D eigenvalue weighted by molar-refractivity contribution is -0.172. The van der Waals surface area contributed by atoms with E-state index in [1.54, 1.807) is 0 Å². The average Bonchev–Trinajstić information content (AvgIpc) is 2.00. The van der Waals surface area contributed by atoms with Crippen molar-refractivity contribution < 1.29 is 4.74 Å². The SMILES string of the molecule is CC(C)(C)C1CC2(CCCCO2)C1. The molecular weight excluding hydrogens is 160 g/mol. The number of hydrogen-bond donors (Lipinski definition) is 0. The molecule has 0 bridgehead atoms. The topological polar surface area (TPSA) is 9.23 Å². The summed E-state index contributed by atoms with van der Waals surface area (Å²) in [4.78, 5) is 0. The Morgan fingerprint density at radius 1 is 1.15 bits per heavy atom. The number of hydrogen-bond acceptors (Lipinski definition) is 1. The smallest absolute Gasteiger partial charge is 0.0688 e. The van der Waals surface area contributed by atoms with Crippen LogP contribution >= 0.6 is 0 Å². The summed E-state index contributed by atoms with van der Waals surface area (Å²) in [5.41, 5.74) is 0.822. The third-order valence-electron chi connectivity index (χ3n) is 3.90. The summed E-state index contributed by atoms with van der Waals surface area (Å²) in [6.45, 7) is 8.07. The van der Waals surface area contributed by atoms with Gasteiger partial charge in [0.2, 0.25) is 0 Å². The first-order valence-corrected chi connectivity index (χ1v) is 5.66. The van der Waals surface area contributed by atoms with Gasteiger partial charge >= 0.3 is 0 Å². The molecule has 0 atom stereocenters. The molecule has 1 saturated heterocycles. The van der Waals surface area contributed by atoms with Gasteiger partial charge in [0.05, 0.1) is 5.60 Å². The highest BCUT2D eigenvalue weighted by Gasteiger charge is 2.49. The summed E-state index contributed by atoms with van der Waals surface area (Å²) in [6, 6.07) is 0. The van der Waals surface area contributed by atoms with E-state index in [0.717, 1.165) is 12.5 Å². The van der Waals surface area contributed by atoms with E-state index in [4.69, 9.17) is 4.74 Å². The maximum Gasteiger partial charge on any atom is 0.0688 e. The monoisotopic (exact) mass is 182 g/mol. The maximum absolute atomic E-state index is 5.93. The van der Waals surface area contributed by atoms with Gasteiger partial charge in [-0.05, 0) is 43.4 Å². The van der Waals surface area contributed by atoms with Crippen molar-refractivity contribution in [3.63, 3.8) is 0 Å². The molecule has 0 N–H and O–H groups in total. The summed E-state index contributed by atoms with van der Waals surface area (Å²) in [6.07, 6.45) is 6.62. The van der Waals surface area contributed by atoms with Crippen LogP contribution < -0.4 is 0 Å². The molecule has 0 aromatic rings. The zero-order valence-corrected chi connectivity index (χ0v) is 9.23. The van der Waals surface area contributed by atoms with E-state index in [2.05, 4.69) is 20.8 Å². The van der Waals surface area contributed by atoms with Crippen molar-refractivity contribution in [1.82, 2.24) is 0 Å². The lowest BCUT2D eigenvalue weighted by Gasteiger charge is -2.54. The summed E-state index contributed by atoms with van der Waals surface area (Å²) in [7, 11) is 0. The standard InChI is InChI=1S/C12H22O/c1-11(2,3)10-8-12(9-10)6-4-5-7-13-12/h10H,4-9H2,1-3H3. The molecule has 2 fully saturated rings. The zero-order valence-electron chi connectivity index (χ0n) is 9.23. The molecule has 13 heavy (non-hydrogen) atoms. The van der Waals surface area contributed by atoms with Crippen LogP contribution in [0.3, 0.4) is 0 Å². The van der Waals surface area contributed by atoms with E-state index < -0.39 is 0 Å². The first kappa shape index (κ1) is 9.51. The molecule has 76 valence electrons. The molecule has 1 saturated carbocycles. The molecule has 2 aliphatic rings. The minimum absolute atomic E-state index is 0.330. The van der Waals surface area contributed by atoms with Gasteiger partial charge in [-0.25, -0.2) is 0 Å². The Balaban J connectivity index is 1.88. The quantitative estimate of drug-likeness (QED) is 0.558. The van der Waals surface area contributed by atoms with Gasteiger partial charge in [-0.1, -0.05) is 20.8 Å². The first-order valence-electron chi connectivity index (χ1n) is 5.66. The predicted octanol–water partition coefficient (Wildman–Crippen LogP) is 3.38. The molecule has 1 heteroatoms. The van der Waals surface area contributed by atoms with E-state index in [-0.39, 0.29) is 0 Å². The molecular formula is C12H22O. The summed E-state index contributed by atoms with van der Waals surface area (Å²) in [5.74, 6) is 0.894. The van der Waals surface area contributed by atoms with Crippen LogP contribution in [0.25, 0.3) is 0 Å². The van der Waals surface area contributed by atoms with Gasteiger partial charge in [0, 0.05) is 6.61 Å². The maximum atomic E-state index is 5.93. The highest BCUT2D eigenvalue weighted by molar-refractivity contribution is 5.00. The van der Waals surface area contributed by atoms with Gasteiger partial charge in [0.1, 0.15) is 0 Å². The number of ether oxygens (including phenoxy) is 1. The lowest BCUT2D eigenvalue weighted by atomic mass is 9.59. The Morgan fingerprint density at radius 3 is 2.31 bits per heavy atom. The van der Waals surface area contributed by atoms with Crippen molar-refractivity contribution in [2.45, 2.75) is 58.5 Å². The molecule has 0 amide bonds. The fourth-order valence-corrected chi connectivity index (χ4v) is 2.68. The summed E-state index contributed by atoms with van der Waals surface area (Å²) in [5, 5.41) is 0. The summed E-state index contributed by atoms with van der Waals surface area (Å²) >= 11 is 0. The fourth-order valence-electron chi connectivity index (χ4n) is 2.68. The van der Waals surface area contributed by atoms with Crippen molar-refractivity contribution in [3.8, 4) is 0 Å². The minimum Gasteiger partial charge on any atom is -0.375 e. The van der Waals surface area contributed by atoms with Gasteiger partial charge in [0.25, 0.3) is 0 Å². The molecule has 0 unspecified atom stereocenters. The normalized spacial score (nSPS) is 40.4. The van der Waals surface area contributed by atoms with Crippen LogP contribution in [0.15, 0.2) is 0 Å². The predicted molar refractivity (Wildman–Crippen MR) is 54.7 cm³/mol. The van der Waals surface area contributed by atoms with Crippen LogP contribution in [0.4, 0.5) is 0 Å². The molecule has 2 rings (SSSR count). The third kappa shape index (κ3) is 1.76. The van der Waals surface area contributed by atoms with Crippen LogP contribution in [0, 0.1) is 11.3 Å². The molecule has 1 nitrogen and oxygen atoms in total. The van der Waals surface area contributed by atoms with E-state index >= 15 is 0 Å². The van der Waals surface area contributed by atoms with Gasteiger partial charge in [-0.3, -0.25) is 0 Å². The average molecular weight is 182 g/mol. The Morgan fingerprint density at radius 2 is 1.85 bits per heavy atom. The van der Waals surface area contributed by atoms with Crippen molar-refractivity contribution in [2.24, 2.45) is 11.3 Å². The Bertz CT molecular complexity index is 176. The largest absolute Gasteiger partial charge is 0.375 e. The van der Waals surface area contributed by atoms with Crippen LogP contribution in [0.1, 0.15) is 52.9 Å². The minimum atomic E-state index is 0.330. The van der Waals surface area contributed by atoms with Crippen molar-refractivity contribution >= 4 is 0 Å². The molecule has 1 heterocycles. The van der Waals surface area contributed by atoms with Gasteiger partial charge < -0.3 is 4.74 Å². The molecule has 1 aliphatic heterocycles. The van der Waals surface area contributed by atoms with Gasteiger partial charge in [-0.2, -0.15) is 0 Å².